The van der Waals surface area contributed by atoms with Gasteiger partial charge in [-0.15, -0.1) is 15.3 Å². The number of nitrogen functional groups attached to an aromatic ring is 1. The van der Waals surface area contributed by atoms with Crippen LogP contribution < -0.4 is 94.4 Å². The second-order valence-corrected chi connectivity index (χ2v) is 17.6. The van der Waals surface area contributed by atoms with Gasteiger partial charge >= 0.3 is 88.7 Å². The molecule has 54 heavy (non-hydrogen) atoms. The van der Waals surface area contributed by atoms with Crippen molar-refractivity contribution in [2.45, 2.75) is 19.6 Å². The largest absolute Gasteiger partial charge is 1.00 e. The van der Waals surface area contributed by atoms with Crippen LogP contribution in [0, 0.1) is 0 Å². The van der Waals surface area contributed by atoms with E-state index in [1.165, 1.54) is 18.2 Å². The Labute approximate surface area is 375 Å². The van der Waals surface area contributed by atoms with Crippen LogP contribution in [0.25, 0.3) is 10.8 Å². The van der Waals surface area contributed by atoms with Crippen molar-refractivity contribution < 1.29 is 154 Å². The minimum Gasteiger partial charge on any atom is -0.744 e. The fraction of sp³-hybridized carbons (Fsp3) is 0.0769. The molecule has 0 aliphatic carbocycles. The number of benzene rings is 4. The molecule has 20 nitrogen and oxygen atoms in total. The van der Waals surface area contributed by atoms with Crippen LogP contribution in [0.2, 0.25) is 0 Å². The van der Waals surface area contributed by atoms with Gasteiger partial charge in [-0.3, -0.25) is 4.18 Å². The van der Waals surface area contributed by atoms with Crippen LogP contribution in [-0.2, 0) is 54.5 Å². The molecule has 28 heteroatoms. The summed E-state index contributed by atoms with van der Waals surface area (Å²) in [5.74, 6) is -2.05. The van der Waals surface area contributed by atoms with Crippen LogP contribution in [0.4, 0.5) is 28.4 Å². The average Bonchev–Trinajstić information content (AvgIpc) is 3.02. The van der Waals surface area contributed by atoms with Gasteiger partial charge in [0, 0.05) is 16.2 Å². The molecule has 0 amide bonds. The minimum atomic E-state index is -5.50. The number of fused-ring (bicyclic) bond motifs is 1. The number of phenolic OH excluding ortho intramolecular Hbond substituents is 1. The van der Waals surface area contributed by atoms with Crippen molar-refractivity contribution in [1.29, 1.82) is 0 Å². The van der Waals surface area contributed by atoms with Gasteiger partial charge in [0.15, 0.2) is 25.4 Å². The van der Waals surface area contributed by atoms with Crippen LogP contribution in [0.1, 0.15) is 0 Å². The molecule has 0 aliphatic rings. The normalized spacial score (nSPS) is 12.6. The summed E-state index contributed by atoms with van der Waals surface area (Å²) in [5, 5.41) is 25.9. The van der Waals surface area contributed by atoms with Gasteiger partial charge in [0.05, 0.1) is 43.3 Å². The van der Waals surface area contributed by atoms with Crippen LogP contribution in [0.3, 0.4) is 0 Å². The zero-order chi connectivity index (χ0) is 38.2. The molecule has 272 valence electrons. The Hall–Kier alpha value is -1.73. The predicted molar refractivity (Wildman–Crippen MR) is 172 cm³/mol. The maximum Gasteiger partial charge on any atom is 1.00 e. The first-order chi connectivity index (χ1) is 23.4. The van der Waals surface area contributed by atoms with Gasteiger partial charge in [0.25, 0.3) is 0 Å². The molecule has 0 aromatic heterocycles. The zero-order valence-electron chi connectivity index (χ0n) is 28.0. The average molecular weight is 872 g/mol. The quantitative estimate of drug-likeness (QED) is 0.0415. The number of nitrogens with zero attached hydrogens (tertiary/aromatic N) is 4. The van der Waals surface area contributed by atoms with Crippen LogP contribution in [0.5, 0.6) is 5.75 Å². The fourth-order valence-corrected chi connectivity index (χ4v) is 7.78. The number of hydrogen-bond donors (Lipinski definition) is 2. The number of phenols is 1. The number of aromatic hydroxyl groups is 1. The Kier molecular flexibility index (Phi) is 17.8. The van der Waals surface area contributed by atoms with E-state index in [0.717, 1.165) is 30.3 Å². The van der Waals surface area contributed by atoms with Gasteiger partial charge in [-0.05, 0) is 54.6 Å². The minimum absolute atomic E-state index is 0. The molecular weight excluding hydrogens is 852 g/mol. The Morgan fingerprint density at radius 1 is 0.704 bits per heavy atom. The van der Waals surface area contributed by atoms with Crippen molar-refractivity contribution in [1.82, 2.24) is 0 Å². The summed E-state index contributed by atoms with van der Waals surface area (Å²) < 4.78 is 158. The van der Waals surface area contributed by atoms with Crippen LogP contribution in [0.15, 0.2) is 113 Å². The maximum atomic E-state index is 12.6. The van der Waals surface area contributed by atoms with Crippen molar-refractivity contribution in [3.8, 4) is 5.75 Å². The van der Waals surface area contributed by atoms with E-state index in [1.54, 1.807) is 0 Å². The van der Waals surface area contributed by atoms with E-state index in [1.807, 2.05) is 0 Å². The molecule has 0 saturated carbocycles. The topological polar surface area (TPSA) is 345 Å². The summed E-state index contributed by atoms with van der Waals surface area (Å²) in [7, 11) is -24.7. The van der Waals surface area contributed by atoms with Crippen molar-refractivity contribution in [2.75, 3.05) is 18.1 Å². The van der Waals surface area contributed by atoms with E-state index in [2.05, 4.69) is 31.2 Å². The molecule has 0 heterocycles. The number of hydrogen-bond acceptors (Lipinski definition) is 20. The molecule has 0 saturated heterocycles. The molecular formula is C26H20N5Na3O15S5. The Morgan fingerprint density at radius 2 is 1.31 bits per heavy atom. The van der Waals surface area contributed by atoms with E-state index in [-0.39, 0.29) is 116 Å². The van der Waals surface area contributed by atoms with Crippen LogP contribution in [-0.4, -0.2) is 73.2 Å². The first kappa shape index (κ1) is 50.3. The summed E-state index contributed by atoms with van der Waals surface area (Å²) >= 11 is 0. The number of anilines is 1. The third kappa shape index (κ3) is 12.4. The molecule has 0 atom stereocenters. The van der Waals surface area contributed by atoms with Crippen LogP contribution >= 0.6 is 0 Å². The number of nitrogens with two attached hydrogens (primary N) is 1. The second-order valence-electron chi connectivity index (χ2n) is 9.87. The van der Waals surface area contributed by atoms with Gasteiger partial charge in [0.2, 0.25) is 10.4 Å². The standard InChI is InChI=1S/C26H23N5O15S5.3Na/c1-2-47(33,34)16-5-3-4-15(12-16)28-31-25-23(50(40,41)42)14-19-18(26(25)32)7-8-20(27)24(19)30-29-21-9-6-17(13-22(21)49(37,38)39)48(35,36)11-10-46-51(43,44)45;;;/h2-9,12-14,32H,1,10-11,27H2,(H,37,38,39)(H,40,41,42)(H,43,44,45);;;/q;3*+1/p-3. The van der Waals surface area contributed by atoms with E-state index >= 15 is 0 Å². The molecule has 0 fully saturated rings. The monoisotopic (exact) mass is 871 g/mol. The van der Waals surface area contributed by atoms with Crippen molar-refractivity contribution in [3.05, 3.63) is 72.7 Å². The second kappa shape index (κ2) is 19.1. The van der Waals surface area contributed by atoms with Crippen molar-refractivity contribution in [2.24, 2.45) is 20.5 Å². The van der Waals surface area contributed by atoms with E-state index < -0.39 is 100 Å². The molecule has 0 radical (unpaired) electrons. The first-order valence-corrected chi connectivity index (χ1v) is 20.6. The summed E-state index contributed by atoms with van der Waals surface area (Å²) in [5.41, 5.74) is 3.47. The molecule has 4 aromatic rings. The molecule has 0 aliphatic heterocycles. The van der Waals surface area contributed by atoms with Gasteiger partial charge in [-0.2, -0.15) is 5.11 Å². The predicted octanol–water partition coefficient (Wildman–Crippen LogP) is -6.05. The Bertz CT molecular complexity index is 2730. The Balaban J connectivity index is 0.00000486. The van der Waals surface area contributed by atoms with E-state index in [9.17, 15) is 60.9 Å². The van der Waals surface area contributed by atoms with Gasteiger partial charge in [-0.1, -0.05) is 12.6 Å². The number of sulfone groups is 2. The van der Waals surface area contributed by atoms with Crippen molar-refractivity contribution in [3.63, 3.8) is 0 Å². The van der Waals surface area contributed by atoms with Gasteiger partial charge in [0.1, 0.15) is 37.3 Å². The summed E-state index contributed by atoms with van der Waals surface area (Å²) in [6, 6.07) is 9.71. The zero-order valence-corrected chi connectivity index (χ0v) is 38.1. The van der Waals surface area contributed by atoms with Gasteiger partial charge in [-0.25, -0.2) is 42.1 Å². The molecule has 0 unspecified atom stereocenters. The fourth-order valence-electron chi connectivity index (χ4n) is 4.18. The smallest absolute Gasteiger partial charge is 0.744 e. The maximum absolute atomic E-state index is 12.6. The third-order valence-electron chi connectivity index (χ3n) is 6.53. The van der Waals surface area contributed by atoms with Crippen molar-refractivity contribution >= 4 is 89.5 Å². The summed E-state index contributed by atoms with van der Waals surface area (Å²) in [6.45, 7) is 2.08. The van der Waals surface area contributed by atoms with E-state index in [4.69, 9.17) is 5.73 Å². The first-order valence-electron chi connectivity index (χ1n) is 13.2. The SMILES string of the molecule is C=CS(=O)(=O)c1cccc(N=Nc2c(S(=O)(=O)[O-])cc3c(N=Nc4ccc(S(=O)(=O)CCOS(=O)(=O)[O-])cc4S(=O)(=O)[O-])c(N)ccc3c2O)c1.[Na+].[Na+].[Na+]. The molecule has 0 spiro atoms. The molecule has 3 N–H and O–H groups in total. The number of azo groups is 2. The molecule has 0 bridgehead atoms. The molecule has 4 aromatic carbocycles. The third-order valence-corrected chi connectivity index (χ3v) is 11.7. The molecule has 4 rings (SSSR count). The number of rotatable bonds is 13. The van der Waals surface area contributed by atoms with E-state index in [0.29, 0.717) is 17.5 Å². The van der Waals surface area contributed by atoms with Gasteiger partial charge < -0.3 is 24.5 Å². The summed E-state index contributed by atoms with van der Waals surface area (Å²) in [6.07, 6.45) is 0. The summed E-state index contributed by atoms with van der Waals surface area (Å²) in [4.78, 5) is -3.44. The Morgan fingerprint density at radius 3 is 1.89 bits per heavy atom.